The summed E-state index contributed by atoms with van der Waals surface area (Å²) >= 11 is 0. The highest BCUT2D eigenvalue weighted by Gasteiger charge is 2.39. The summed E-state index contributed by atoms with van der Waals surface area (Å²) in [5, 5.41) is 1.13. The summed E-state index contributed by atoms with van der Waals surface area (Å²) in [6.45, 7) is 6.07. The highest BCUT2D eigenvalue weighted by molar-refractivity contribution is 6.07. The fourth-order valence-electron chi connectivity index (χ4n) is 6.89. The summed E-state index contributed by atoms with van der Waals surface area (Å²) in [7, 11) is 0. The molecule has 6 aromatic rings. The van der Waals surface area contributed by atoms with E-state index in [4.69, 9.17) is 4.98 Å². The highest BCUT2D eigenvalue weighted by atomic mass is 16.2. The fourth-order valence-corrected chi connectivity index (χ4v) is 6.89. The molecule has 0 atom stereocenters. The first-order chi connectivity index (χ1) is 21.1. The third-order valence-electron chi connectivity index (χ3n) is 8.84. The van der Waals surface area contributed by atoms with E-state index in [1.165, 1.54) is 5.56 Å². The SMILES string of the molecule is C=CCc1c2n(c3ccccc13)C(=O)/C(=C/c1ncn(C(c3ccccc3)(c3ccccc3)c3ccccc3)c1C)CC2. The number of hydrogen-bond donors (Lipinski definition) is 0. The molecule has 2 aromatic heterocycles. The molecule has 1 aliphatic heterocycles. The zero-order chi connectivity index (χ0) is 29.4. The van der Waals surface area contributed by atoms with E-state index >= 15 is 0 Å². The number of allylic oxidation sites excluding steroid dienone is 2. The zero-order valence-electron chi connectivity index (χ0n) is 24.3. The van der Waals surface area contributed by atoms with Crippen LogP contribution in [-0.4, -0.2) is 20.0 Å². The highest BCUT2D eigenvalue weighted by Crippen LogP contribution is 2.42. The maximum atomic E-state index is 14.1. The van der Waals surface area contributed by atoms with E-state index in [9.17, 15) is 4.79 Å². The van der Waals surface area contributed by atoms with Crippen LogP contribution in [0.15, 0.2) is 140 Å². The van der Waals surface area contributed by atoms with Gasteiger partial charge in [0.25, 0.3) is 5.91 Å². The van der Waals surface area contributed by atoms with E-state index in [1.54, 1.807) is 0 Å². The van der Waals surface area contributed by atoms with Gasteiger partial charge in [-0.3, -0.25) is 9.36 Å². The first-order valence-corrected chi connectivity index (χ1v) is 14.8. The van der Waals surface area contributed by atoms with Crippen molar-refractivity contribution < 1.29 is 4.79 Å². The number of carbonyl (C=O) groups excluding carboxylic acids is 1. The lowest BCUT2D eigenvalue weighted by Gasteiger charge is -2.38. The molecule has 0 aliphatic carbocycles. The van der Waals surface area contributed by atoms with Crippen LogP contribution >= 0.6 is 0 Å². The molecule has 4 aromatic carbocycles. The third-order valence-corrected chi connectivity index (χ3v) is 8.84. The summed E-state index contributed by atoms with van der Waals surface area (Å²) < 4.78 is 4.18. The summed E-state index contributed by atoms with van der Waals surface area (Å²) in [4.78, 5) is 19.0. The second-order valence-corrected chi connectivity index (χ2v) is 11.1. The Morgan fingerprint density at radius 2 is 1.35 bits per heavy atom. The van der Waals surface area contributed by atoms with Crippen LogP contribution in [-0.2, 0) is 18.4 Å². The van der Waals surface area contributed by atoms with E-state index in [0.29, 0.717) is 6.42 Å². The normalized spacial score (nSPS) is 14.3. The monoisotopic (exact) mass is 559 g/mol. The van der Waals surface area contributed by atoms with Crippen molar-refractivity contribution in [3.8, 4) is 0 Å². The summed E-state index contributed by atoms with van der Waals surface area (Å²) in [6, 6.07) is 40.0. The molecule has 0 unspecified atom stereocenters. The Balaban J connectivity index is 1.40. The molecule has 4 nitrogen and oxygen atoms in total. The van der Waals surface area contributed by atoms with Crippen LogP contribution < -0.4 is 0 Å². The molecule has 4 heteroatoms. The average molecular weight is 560 g/mol. The standard InChI is InChI=1S/C39H33N3O/c1-3-15-33-34-22-13-14-23-36(34)42-37(33)25-24-29(38(42)43)26-35-28(2)41(27-40-35)39(30-16-7-4-8-17-30,31-18-9-5-10-19-31)32-20-11-6-12-21-32/h3-14,16-23,26-27H,1,15,24-25H2,2H3/b29-26+. The van der Waals surface area contributed by atoms with Gasteiger partial charge in [0.1, 0.15) is 5.54 Å². The quantitative estimate of drug-likeness (QED) is 0.112. The van der Waals surface area contributed by atoms with Gasteiger partial charge in [0.05, 0.1) is 17.5 Å². The van der Waals surface area contributed by atoms with Crippen LogP contribution in [0.2, 0.25) is 0 Å². The number of imidazole rings is 1. The van der Waals surface area contributed by atoms with Crippen LogP contribution in [0.3, 0.4) is 0 Å². The van der Waals surface area contributed by atoms with E-state index in [1.807, 2.05) is 41.2 Å². The first kappa shape index (κ1) is 26.7. The van der Waals surface area contributed by atoms with Crippen molar-refractivity contribution in [1.82, 2.24) is 14.1 Å². The van der Waals surface area contributed by atoms with Crippen molar-refractivity contribution in [2.24, 2.45) is 0 Å². The van der Waals surface area contributed by atoms with Gasteiger partial charge >= 0.3 is 0 Å². The maximum absolute atomic E-state index is 14.1. The predicted molar refractivity (Wildman–Crippen MR) is 174 cm³/mol. The number of aromatic nitrogens is 3. The molecule has 210 valence electrons. The molecule has 1 aliphatic rings. The number of fused-ring (bicyclic) bond motifs is 3. The van der Waals surface area contributed by atoms with Crippen molar-refractivity contribution in [2.45, 2.75) is 31.7 Å². The Morgan fingerprint density at radius 3 is 1.93 bits per heavy atom. The van der Waals surface area contributed by atoms with Gasteiger partial charge in [-0.2, -0.15) is 0 Å². The van der Waals surface area contributed by atoms with Crippen LogP contribution in [0.1, 0.15) is 50.6 Å². The van der Waals surface area contributed by atoms with Gasteiger partial charge in [-0.25, -0.2) is 4.98 Å². The Hall–Kier alpha value is -5.22. The van der Waals surface area contributed by atoms with Gasteiger partial charge in [0.2, 0.25) is 0 Å². The molecule has 43 heavy (non-hydrogen) atoms. The van der Waals surface area contributed by atoms with Gasteiger partial charge in [0.15, 0.2) is 0 Å². The van der Waals surface area contributed by atoms with Crippen LogP contribution in [0.5, 0.6) is 0 Å². The molecule has 0 fully saturated rings. The van der Waals surface area contributed by atoms with Gasteiger partial charge in [-0.1, -0.05) is 115 Å². The van der Waals surface area contributed by atoms with Crippen molar-refractivity contribution in [3.63, 3.8) is 0 Å². The Labute approximate surface area is 252 Å². The second kappa shape index (κ2) is 10.9. The first-order valence-electron chi connectivity index (χ1n) is 14.8. The Kier molecular flexibility index (Phi) is 6.75. The number of para-hydroxylation sites is 1. The smallest absolute Gasteiger partial charge is 0.258 e. The van der Waals surface area contributed by atoms with E-state index in [2.05, 4.69) is 115 Å². The maximum Gasteiger partial charge on any atom is 0.258 e. The van der Waals surface area contributed by atoms with E-state index in [-0.39, 0.29) is 5.91 Å². The lowest BCUT2D eigenvalue weighted by molar-refractivity contribution is 0.0946. The molecule has 0 saturated heterocycles. The van der Waals surface area contributed by atoms with Gasteiger partial charge in [-0.05, 0) is 60.6 Å². The summed E-state index contributed by atoms with van der Waals surface area (Å²) in [5.41, 5.74) is 8.60. The third kappa shape index (κ3) is 4.21. The molecule has 0 bridgehead atoms. The molecule has 0 radical (unpaired) electrons. The minimum absolute atomic E-state index is 0.0298. The van der Waals surface area contributed by atoms with Gasteiger partial charge in [-0.15, -0.1) is 6.58 Å². The molecule has 0 N–H and O–H groups in total. The van der Waals surface area contributed by atoms with Crippen molar-refractivity contribution in [3.05, 3.63) is 179 Å². The largest absolute Gasteiger partial charge is 0.316 e. The minimum atomic E-state index is -0.655. The number of nitrogens with zero attached hydrogens (tertiary/aromatic N) is 3. The molecule has 0 amide bonds. The average Bonchev–Trinajstić information content (AvgIpc) is 3.58. The Bertz CT molecular complexity index is 1880. The Morgan fingerprint density at radius 1 is 0.791 bits per heavy atom. The lowest BCUT2D eigenvalue weighted by atomic mass is 9.76. The van der Waals surface area contributed by atoms with Crippen molar-refractivity contribution >= 4 is 22.9 Å². The van der Waals surface area contributed by atoms with Crippen LogP contribution in [0.25, 0.3) is 17.0 Å². The topological polar surface area (TPSA) is 39.8 Å². The van der Waals surface area contributed by atoms with Crippen LogP contribution in [0, 0.1) is 6.92 Å². The molecule has 0 spiro atoms. The van der Waals surface area contributed by atoms with Crippen LogP contribution in [0.4, 0.5) is 0 Å². The van der Waals surface area contributed by atoms with Gasteiger partial charge in [0, 0.05) is 22.3 Å². The predicted octanol–water partition coefficient (Wildman–Crippen LogP) is 8.38. The molecule has 3 heterocycles. The molecular formula is C39H33N3O. The van der Waals surface area contributed by atoms with E-state index in [0.717, 1.165) is 63.1 Å². The molecule has 7 rings (SSSR count). The van der Waals surface area contributed by atoms with E-state index < -0.39 is 5.54 Å². The van der Waals surface area contributed by atoms with Crippen molar-refractivity contribution in [1.29, 1.82) is 0 Å². The minimum Gasteiger partial charge on any atom is -0.316 e. The lowest BCUT2D eigenvalue weighted by Crippen LogP contribution is -2.38. The number of benzene rings is 4. The molecule has 0 saturated carbocycles. The number of rotatable bonds is 7. The fraction of sp³-hybridized carbons (Fsp3) is 0.128. The second-order valence-electron chi connectivity index (χ2n) is 11.1. The van der Waals surface area contributed by atoms with Crippen molar-refractivity contribution in [2.75, 3.05) is 0 Å². The molecular weight excluding hydrogens is 526 g/mol. The summed E-state index contributed by atoms with van der Waals surface area (Å²) in [6.07, 6.45) is 8.08. The number of hydrogen-bond acceptors (Lipinski definition) is 2. The summed E-state index contributed by atoms with van der Waals surface area (Å²) in [5.74, 6) is 0.0298. The number of carbonyl (C=O) groups is 1. The zero-order valence-corrected chi connectivity index (χ0v) is 24.3. The van der Waals surface area contributed by atoms with Gasteiger partial charge < -0.3 is 4.57 Å².